The Kier molecular flexibility index (Phi) is 3.32. The van der Waals surface area contributed by atoms with Crippen molar-refractivity contribution in [3.05, 3.63) is 30.0 Å². The zero-order valence-corrected chi connectivity index (χ0v) is 10.0. The van der Waals surface area contributed by atoms with Crippen LogP contribution in [0.3, 0.4) is 0 Å². The lowest BCUT2D eigenvalue weighted by molar-refractivity contribution is 0.0521. The Balaban J connectivity index is 2.65. The summed E-state index contributed by atoms with van der Waals surface area (Å²) in [7, 11) is 0. The fourth-order valence-electron chi connectivity index (χ4n) is 1.64. The average molecular weight is 246 g/mol. The topological polar surface area (TPSA) is 54.5 Å². The molecule has 0 saturated carbocycles. The fraction of sp³-hybridized carbons (Fsp3) is 0.167. The van der Waals surface area contributed by atoms with E-state index >= 15 is 0 Å². The highest BCUT2D eigenvalue weighted by atomic mass is 32.1. The lowest BCUT2D eigenvalue weighted by Crippen LogP contribution is -2.05. The van der Waals surface area contributed by atoms with E-state index in [1.165, 1.54) is 0 Å². The molecule has 0 spiro atoms. The van der Waals surface area contributed by atoms with Gasteiger partial charge in [0.05, 0.1) is 11.8 Å². The number of esters is 1. The molecular weight excluding hydrogens is 236 g/mol. The van der Waals surface area contributed by atoms with Crippen molar-refractivity contribution in [3.8, 4) is 0 Å². The third kappa shape index (κ3) is 2.11. The summed E-state index contributed by atoms with van der Waals surface area (Å²) >= 11 is 4.59. The maximum atomic E-state index is 11.7. The Labute approximate surface area is 103 Å². The Bertz CT molecular complexity index is 612. The molecule has 0 atom stereocenters. The van der Waals surface area contributed by atoms with Crippen molar-refractivity contribution in [3.63, 3.8) is 0 Å². The first-order chi connectivity index (χ1) is 8.27. The molecule has 1 aromatic carbocycles. The summed E-state index contributed by atoms with van der Waals surface area (Å²) < 4.78 is 4.95. The Morgan fingerprint density at radius 2 is 2.29 bits per heavy atom. The minimum atomic E-state index is -0.437. The van der Waals surface area contributed by atoms with Crippen molar-refractivity contribution in [2.75, 3.05) is 6.61 Å². The molecule has 86 valence electrons. The summed E-state index contributed by atoms with van der Waals surface area (Å²) in [5, 5.41) is 3.11. The molecule has 0 fully saturated rings. The summed E-state index contributed by atoms with van der Waals surface area (Å²) in [5.74, 6) is -0.437. The number of rotatable bonds is 3. The van der Waals surface area contributed by atoms with Gasteiger partial charge in [0.1, 0.15) is 5.69 Å². The van der Waals surface area contributed by atoms with Gasteiger partial charge in [0.25, 0.3) is 0 Å². The van der Waals surface area contributed by atoms with Crippen molar-refractivity contribution in [1.82, 2.24) is 4.98 Å². The minimum absolute atomic E-state index is 0.311. The van der Waals surface area contributed by atoms with Crippen molar-refractivity contribution in [2.24, 2.45) is 4.99 Å². The van der Waals surface area contributed by atoms with Gasteiger partial charge in [0, 0.05) is 10.9 Å². The molecule has 2 aromatic rings. The normalized spacial score (nSPS) is 9.94. The quantitative estimate of drug-likeness (QED) is 0.514. The van der Waals surface area contributed by atoms with Gasteiger partial charge in [0.15, 0.2) is 5.69 Å². The van der Waals surface area contributed by atoms with Crippen LogP contribution < -0.4 is 0 Å². The highest BCUT2D eigenvalue weighted by Crippen LogP contribution is 2.30. The van der Waals surface area contributed by atoms with Gasteiger partial charge in [-0.15, -0.1) is 0 Å². The largest absolute Gasteiger partial charge is 0.461 e. The van der Waals surface area contributed by atoms with Crippen LogP contribution in [0.4, 0.5) is 5.69 Å². The molecule has 5 heteroatoms. The number of para-hydroxylation sites is 1. The van der Waals surface area contributed by atoms with Gasteiger partial charge in [-0.25, -0.2) is 4.79 Å². The van der Waals surface area contributed by atoms with E-state index in [9.17, 15) is 4.79 Å². The molecule has 0 aliphatic rings. The van der Waals surface area contributed by atoms with Gasteiger partial charge >= 0.3 is 5.97 Å². The number of carbonyl (C=O) groups excluding carboxylic acids is 1. The Morgan fingerprint density at radius 3 is 3.00 bits per heavy atom. The first kappa shape index (κ1) is 11.5. The summed E-state index contributed by atoms with van der Waals surface area (Å²) in [6.07, 6.45) is 0. The van der Waals surface area contributed by atoms with E-state index < -0.39 is 5.97 Å². The second kappa shape index (κ2) is 4.91. The SMILES string of the molecule is CCOC(=O)c1[nH]c2ccccc2c1N=C=S. The van der Waals surface area contributed by atoms with Gasteiger partial charge in [-0.05, 0) is 25.2 Å². The van der Waals surface area contributed by atoms with Crippen LogP contribution in [0.25, 0.3) is 10.9 Å². The minimum Gasteiger partial charge on any atom is -0.461 e. The number of benzene rings is 1. The van der Waals surface area contributed by atoms with Crippen LogP contribution >= 0.6 is 12.2 Å². The molecule has 0 radical (unpaired) electrons. The number of hydrogen-bond acceptors (Lipinski definition) is 4. The molecule has 0 saturated heterocycles. The molecular formula is C12H10N2O2S. The van der Waals surface area contributed by atoms with E-state index in [2.05, 4.69) is 27.4 Å². The predicted octanol–water partition coefficient (Wildman–Crippen LogP) is 3.08. The number of fused-ring (bicyclic) bond motifs is 1. The lowest BCUT2D eigenvalue weighted by atomic mass is 10.2. The number of ether oxygens (including phenoxy) is 1. The van der Waals surface area contributed by atoms with Crippen LogP contribution in [0.5, 0.6) is 0 Å². The zero-order chi connectivity index (χ0) is 12.3. The van der Waals surface area contributed by atoms with Crippen molar-refractivity contribution >= 4 is 39.9 Å². The second-order valence-electron chi connectivity index (χ2n) is 3.32. The van der Waals surface area contributed by atoms with E-state index in [0.29, 0.717) is 18.0 Å². The van der Waals surface area contributed by atoms with Gasteiger partial charge in [-0.3, -0.25) is 0 Å². The van der Waals surface area contributed by atoms with Gasteiger partial charge in [-0.1, -0.05) is 18.2 Å². The summed E-state index contributed by atoms with van der Waals surface area (Å²) in [4.78, 5) is 18.6. The number of aliphatic imine (C=N–C) groups is 1. The van der Waals surface area contributed by atoms with Crippen LogP contribution in [0.2, 0.25) is 0 Å². The highest BCUT2D eigenvalue weighted by molar-refractivity contribution is 7.78. The van der Waals surface area contributed by atoms with Gasteiger partial charge < -0.3 is 9.72 Å². The van der Waals surface area contributed by atoms with Crippen LogP contribution in [0, 0.1) is 0 Å². The number of carbonyl (C=O) groups is 1. The van der Waals surface area contributed by atoms with E-state index in [1.807, 2.05) is 24.3 Å². The number of thiocarbonyl (C=S) groups is 1. The Hall–Kier alpha value is -1.97. The number of nitrogens with one attached hydrogen (secondary N) is 1. The van der Waals surface area contributed by atoms with E-state index in [-0.39, 0.29) is 0 Å². The first-order valence-electron chi connectivity index (χ1n) is 5.13. The summed E-state index contributed by atoms with van der Waals surface area (Å²) in [5.41, 5.74) is 1.61. The maximum Gasteiger partial charge on any atom is 0.357 e. The van der Waals surface area contributed by atoms with Crippen LogP contribution in [-0.2, 0) is 4.74 Å². The fourth-order valence-corrected chi connectivity index (χ4v) is 1.73. The maximum absolute atomic E-state index is 11.7. The smallest absolute Gasteiger partial charge is 0.357 e. The molecule has 2 rings (SSSR count). The number of aromatic amines is 1. The van der Waals surface area contributed by atoms with Crippen molar-refractivity contribution < 1.29 is 9.53 Å². The second-order valence-corrected chi connectivity index (χ2v) is 3.50. The number of nitrogens with zero attached hydrogens (tertiary/aromatic N) is 1. The summed E-state index contributed by atoms with van der Waals surface area (Å²) in [6, 6.07) is 7.46. The molecule has 0 unspecified atom stereocenters. The number of hydrogen-bond donors (Lipinski definition) is 1. The summed E-state index contributed by atoms with van der Waals surface area (Å²) in [6.45, 7) is 2.07. The van der Waals surface area contributed by atoms with Gasteiger partial charge in [-0.2, -0.15) is 4.99 Å². The molecule has 4 nitrogen and oxygen atoms in total. The molecule has 1 N–H and O–H groups in total. The van der Waals surface area contributed by atoms with Crippen LogP contribution in [0.15, 0.2) is 29.3 Å². The number of isothiocyanates is 1. The van der Waals surface area contributed by atoms with Crippen LogP contribution in [0.1, 0.15) is 17.4 Å². The molecule has 0 amide bonds. The van der Waals surface area contributed by atoms with E-state index in [0.717, 1.165) is 10.9 Å². The van der Waals surface area contributed by atoms with E-state index in [1.54, 1.807) is 6.92 Å². The standard InChI is InChI=1S/C12H10N2O2S/c1-2-16-12(15)11-10(13-7-17)8-5-3-4-6-9(8)14-11/h3-6,14H,2H2,1H3. The highest BCUT2D eigenvalue weighted by Gasteiger charge is 2.17. The zero-order valence-electron chi connectivity index (χ0n) is 9.19. The van der Waals surface area contributed by atoms with Crippen molar-refractivity contribution in [2.45, 2.75) is 6.92 Å². The third-order valence-corrected chi connectivity index (χ3v) is 2.41. The molecule has 17 heavy (non-hydrogen) atoms. The molecule has 0 bridgehead atoms. The predicted molar refractivity (Wildman–Crippen MR) is 68.9 cm³/mol. The van der Waals surface area contributed by atoms with E-state index in [4.69, 9.17) is 4.74 Å². The monoisotopic (exact) mass is 246 g/mol. The molecule has 0 aliphatic carbocycles. The van der Waals surface area contributed by atoms with Gasteiger partial charge in [0.2, 0.25) is 0 Å². The molecule has 0 aliphatic heterocycles. The molecule has 1 aromatic heterocycles. The number of H-pyrrole nitrogens is 1. The molecule has 1 heterocycles. The van der Waals surface area contributed by atoms with Crippen molar-refractivity contribution in [1.29, 1.82) is 0 Å². The third-order valence-electron chi connectivity index (χ3n) is 2.32. The first-order valence-corrected chi connectivity index (χ1v) is 5.54. The average Bonchev–Trinajstić information content (AvgIpc) is 2.70. The number of aromatic nitrogens is 1. The Morgan fingerprint density at radius 1 is 1.53 bits per heavy atom. The lowest BCUT2D eigenvalue weighted by Gasteiger charge is -1.99. The van der Waals surface area contributed by atoms with Crippen LogP contribution in [-0.4, -0.2) is 22.7 Å².